The van der Waals surface area contributed by atoms with Crippen LogP contribution in [-0.4, -0.2) is 30.2 Å². The fraction of sp³-hybridized carbons (Fsp3) is 0.0645. The van der Waals surface area contributed by atoms with E-state index in [-0.39, 0.29) is 38.7 Å². The van der Waals surface area contributed by atoms with Crippen molar-refractivity contribution in [2.45, 2.75) is 6.18 Å². The molecule has 5 rings (SSSR count). The Labute approximate surface area is 252 Å². The van der Waals surface area contributed by atoms with Crippen LogP contribution in [0.1, 0.15) is 32.0 Å². The number of hydrogen-bond donors (Lipinski definition) is 2. The van der Waals surface area contributed by atoms with Gasteiger partial charge in [-0.15, -0.1) is 0 Å². The van der Waals surface area contributed by atoms with Gasteiger partial charge < -0.3 is 14.5 Å². The zero-order valence-corrected chi connectivity index (χ0v) is 23.6. The SMILES string of the molecule is COc1cc(C=NNC(=O)c2[nH]c3c(C(F)(F)F)cccc3c2-c2ccccc2)ccc1OC(=O)c1ccc(Cl)cc1Cl. The molecule has 218 valence electrons. The number of H-pyrrole nitrogens is 1. The van der Waals surface area contributed by atoms with Crippen molar-refractivity contribution in [3.8, 4) is 22.6 Å². The van der Waals surface area contributed by atoms with Gasteiger partial charge in [0.05, 0.1) is 35.0 Å². The molecule has 0 radical (unpaired) electrons. The molecule has 1 heterocycles. The van der Waals surface area contributed by atoms with E-state index in [1.807, 2.05) is 0 Å². The molecular weight excluding hydrogens is 606 g/mol. The zero-order chi connectivity index (χ0) is 30.7. The molecule has 0 bridgehead atoms. The van der Waals surface area contributed by atoms with Crippen LogP contribution in [-0.2, 0) is 6.18 Å². The molecule has 0 saturated heterocycles. The molecule has 43 heavy (non-hydrogen) atoms. The Balaban J connectivity index is 1.39. The van der Waals surface area contributed by atoms with E-state index >= 15 is 0 Å². The maximum atomic E-state index is 13.7. The van der Waals surface area contributed by atoms with Gasteiger partial charge in [0.15, 0.2) is 11.5 Å². The number of rotatable bonds is 7. The minimum atomic E-state index is -4.63. The van der Waals surface area contributed by atoms with Crippen LogP contribution >= 0.6 is 23.2 Å². The first-order valence-corrected chi connectivity index (χ1v) is 13.3. The highest BCUT2D eigenvalue weighted by Crippen LogP contribution is 2.39. The third-order valence-electron chi connectivity index (χ3n) is 6.35. The number of carbonyl (C=O) groups is 2. The van der Waals surface area contributed by atoms with Gasteiger partial charge in [0.1, 0.15) is 5.69 Å². The number of carbonyl (C=O) groups excluding carboxylic acids is 2. The molecule has 0 aliphatic rings. The molecule has 0 aliphatic heterocycles. The third kappa shape index (κ3) is 6.35. The summed E-state index contributed by atoms with van der Waals surface area (Å²) in [5.74, 6) is -1.19. The number of nitrogens with zero attached hydrogens (tertiary/aromatic N) is 1. The largest absolute Gasteiger partial charge is 0.493 e. The molecule has 12 heteroatoms. The highest BCUT2D eigenvalue weighted by atomic mass is 35.5. The molecule has 0 aliphatic carbocycles. The molecule has 4 aromatic carbocycles. The Bertz CT molecular complexity index is 1870. The maximum absolute atomic E-state index is 13.7. The Kier molecular flexibility index (Phi) is 8.43. The van der Waals surface area contributed by atoms with Gasteiger partial charge >= 0.3 is 12.1 Å². The summed E-state index contributed by atoms with van der Waals surface area (Å²) < 4.78 is 52.0. The van der Waals surface area contributed by atoms with Crippen LogP contribution in [0.15, 0.2) is 90.0 Å². The number of aromatic amines is 1. The summed E-state index contributed by atoms with van der Waals surface area (Å²) >= 11 is 12.0. The van der Waals surface area contributed by atoms with Crippen LogP contribution in [0, 0.1) is 0 Å². The van der Waals surface area contributed by atoms with Gasteiger partial charge in [-0.3, -0.25) is 4.79 Å². The normalized spacial score (nSPS) is 11.6. The highest BCUT2D eigenvalue weighted by molar-refractivity contribution is 6.36. The number of halogens is 5. The number of nitrogens with one attached hydrogen (secondary N) is 2. The Morgan fingerprint density at radius 3 is 2.40 bits per heavy atom. The van der Waals surface area contributed by atoms with Crippen LogP contribution < -0.4 is 14.9 Å². The number of fused-ring (bicyclic) bond motifs is 1. The van der Waals surface area contributed by atoms with E-state index in [9.17, 15) is 22.8 Å². The Morgan fingerprint density at radius 2 is 1.70 bits per heavy atom. The van der Waals surface area contributed by atoms with Gasteiger partial charge in [-0.2, -0.15) is 18.3 Å². The number of para-hydroxylation sites is 1. The number of hydrogen-bond acceptors (Lipinski definition) is 5. The van der Waals surface area contributed by atoms with Crippen molar-refractivity contribution >= 4 is 52.2 Å². The molecule has 0 atom stereocenters. The first-order valence-electron chi connectivity index (χ1n) is 12.5. The summed E-state index contributed by atoms with van der Waals surface area (Å²) in [5, 5.41) is 4.69. The molecule has 1 aromatic heterocycles. The predicted molar refractivity (Wildman–Crippen MR) is 158 cm³/mol. The Hall–Kier alpha value is -4.80. The van der Waals surface area contributed by atoms with Gasteiger partial charge in [-0.25, -0.2) is 10.2 Å². The number of methoxy groups -OCH3 is 1. The van der Waals surface area contributed by atoms with E-state index in [0.29, 0.717) is 21.7 Å². The number of hydrazone groups is 1. The summed E-state index contributed by atoms with van der Waals surface area (Å²) in [4.78, 5) is 28.5. The molecule has 0 fully saturated rings. The second-order valence-corrected chi connectivity index (χ2v) is 9.93. The second kappa shape index (κ2) is 12.2. The number of amides is 1. The average molecular weight is 626 g/mol. The smallest absolute Gasteiger partial charge is 0.418 e. The summed E-state index contributed by atoms with van der Waals surface area (Å²) in [5.41, 5.74) is 2.60. The lowest BCUT2D eigenvalue weighted by molar-refractivity contribution is -0.136. The van der Waals surface area contributed by atoms with Crippen molar-refractivity contribution in [3.63, 3.8) is 0 Å². The minimum absolute atomic E-state index is 0.0873. The summed E-state index contributed by atoms with van der Waals surface area (Å²) in [6.45, 7) is 0. The van der Waals surface area contributed by atoms with Crippen LogP contribution in [0.3, 0.4) is 0 Å². The van der Waals surface area contributed by atoms with Crippen molar-refractivity contribution in [1.29, 1.82) is 0 Å². The fourth-order valence-electron chi connectivity index (χ4n) is 4.41. The lowest BCUT2D eigenvalue weighted by atomic mass is 10.0. The highest BCUT2D eigenvalue weighted by Gasteiger charge is 2.34. The lowest BCUT2D eigenvalue weighted by Crippen LogP contribution is -2.19. The van der Waals surface area contributed by atoms with Gasteiger partial charge in [-0.05, 0) is 53.6 Å². The standard InChI is InChI=1S/C31H20Cl2F3N3O4/c1-42-25-14-17(10-13-24(25)43-30(41)20-12-11-19(32)15-23(20)33)16-37-39-29(40)28-26(18-6-3-2-4-7-18)21-8-5-9-22(27(21)38-28)31(34,35)36/h2-16,38H,1H3,(H,39,40). The molecule has 2 N–H and O–H groups in total. The van der Waals surface area contributed by atoms with Crippen molar-refractivity contribution in [2.24, 2.45) is 5.10 Å². The number of ether oxygens (including phenoxy) is 2. The number of alkyl halides is 3. The first-order chi connectivity index (χ1) is 20.6. The van der Waals surface area contributed by atoms with E-state index in [1.54, 1.807) is 36.4 Å². The molecule has 0 saturated carbocycles. The molecule has 0 unspecified atom stereocenters. The van der Waals surface area contributed by atoms with E-state index < -0.39 is 23.6 Å². The summed E-state index contributed by atoms with van der Waals surface area (Å²) in [6.07, 6.45) is -3.33. The van der Waals surface area contributed by atoms with Gasteiger partial charge in [0.25, 0.3) is 5.91 Å². The number of esters is 1. The van der Waals surface area contributed by atoms with Gasteiger partial charge in [0, 0.05) is 16.0 Å². The van der Waals surface area contributed by atoms with Crippen molar-refractivity contribution < 1.29 is 32.2 Å². The number of benzene rings is 4. The van der Waals surface area contributed by atoms with Crippen LogP contribution in [0.5, 0.6) is 11.5 Å². The molecular formula is C31H20Cl2F3N3O4. The summed E-state index contributed by atoms with van der Waals surface area (Å²) in [7, 11) is 1.38. The molecule has 7 nitrogen and oxygen atoms in total. The monoisotopic (exact) mass is 625 g/mol. The quantitative estimate of drug-likeness (QED) is 0.0826. The van der Waals surface area contributed by atoms with E-state index in [2.05, 4.69) is 15.5 Å². The molecule has 1 amide bonds. The Morgan fingerprint density at radius 1 is 0.930 bits per heavy atom. The fourth-order valence-corrected chi connectivity index (χ4v) is 4.89. The topological polar surface area (TPSA) is 92.8 Å². The van der Waals surface area contributed by atoms with Crippen LogP contribution in [0.25, 0.3) is 22.0 Å². The molecule has 0 spiro atoms. The third-order valence-corrected chi connectivity index (χ3v) is 6.90. The predicted octanol–water partition coefficient (Wildman–Crippen LogP) is 8.15. The van der Waals surface area contributed by atoms with Crippen LogP contribution in [0.4, 0.5) is 13.2 Å². The van der Waals surface area contributed by atoms with Gasteiger partial charge in [-0.1, -0.05) is 65.7 Å². The van der Waals surface area contributed by atoms with E-state index in [1.165, 1.54) is 55.8 Å². The summed E-state index contributed by atoms with van der Waals surface area (Å²) in [6, 6.07) is 21.2. The van der Waals surface area contributed by atoms with Gasteiger partial charge in [0.2, 0.25) is 0 Å². The maximum Gasteiger partial charge on any atom is 0.418 e. The second-order valence-electron chi connectivity index (χ2n) is 9.09. The zero-order valence-electron chi connectivity index (χ0n) is 22.1. The van der Waals surface area contributed by atoms with Crippen molar-refractivity contribution in [2.75, 3.05) is 7.11 Å². The van der Waals surface area contributed by atoms with Crippen LogP contribution in [0.2, 0.25) is 10.0 Å². The van der Waals surface area contributed by atoms with Crippen molar-refractivity contribution in [3.05, 3.63) is 117 Å². The first kappa shape index (κ1) is 29.7. The average Bonchev–Trinajstić information content (AvgIpc) is 3.37. The molecule has 5 aromatic rings. The van der Waals surface area contributed by atoms with Crippen molar-refractivity contribution in [1.82, 2.24) is 10.4 Å². The van der Waals surface area contributed by atoms with E-state index in [4.69, 9.17) is 32.7 Å². The number of aromatic nitrogens is 1. The minimum Gasteiger partial charge on any atom is -0.493 e. The lowest BCUT2D eigenvalue weighted by Gasteiger charge is -2.10. The van der Waals surface area contributed by atoms with E-state index in [0.717, 1.165) is 6.07 Å².